The molecule has 3 rings (SSSR count). The highest BCUT2D eigenvalue weighted by molar-refractivity contribution is 9.10. The Morgan fingerprint density at radius 2 is 1.63 bits per heavy atom. The van der Waals surface area contributed by atoms with Gasteiger partial charge in [0.25, 0.3) is 11.8 Å². The Balaban J connectivity index is 1.52. The molecule has 30 heavy (non-hydrogen) atoms. The van der Waals surface area contributed by atoms with E-state index in [1.807, 2.05) is 43.3 Å². The van der Waals surface area contributed by atoms with Crippen molar-refractivity contribution in [2.24, 2.45) is 0 Å². The fourth-order valence-corrected chi connectivity index (χ4v) is 3.39. The maximum atomic E-state index is 12.3. The highest BCUT2D eigenvalue weighted by atomic mass is 79.9. The Kier molecular flexibility index (Phi) is 7.25. The Morgan fingerprint density at radius 3 is 2.27 bits per heavy atom. The zero-order valence-electron chi connectivity index (χ0n) is 16.9. The minimum Gasteiger partial charge on any atom is -0.483 e. The molecule has 0 aromatic heterocycles. The van der Waals surface area contributed by atoms with Gasteiger partial charge in [-0.2, -0.15) is 0 Å². The van der Waals surface area contributed by atoms with Crippen LogP contribution < -0.4 is 15.4 Å². The topological polar surface area (TPSA) is 67.4 Å². The molecule has 0 aliphatic carbocycles. The fraction of sp³-hybridized carbons (Fsp3) is 0.167. The summed E-state index contributed by atoms with van der Waals surface area (Å²) in [5.41, 5.74) is 4.08. The maximum absolute atomic E-state index is 12.3. The number of hydrogen-bond donors (Lipinski definition) is 2. The molecule has 0 saturated carbocycles. The molecule has 3 aromatic rings. The third kappa shape index (κ3) is 5.94. The van der Waals surface area contributed by atoms with Gasteiger partial charge in [-0.25, -0.2) is 0 Å². The molecular weight excluding hydrogens is 444 g/mol. The predicted molar refractivity (Wildman–Crippen MR) is 123 cm³/mol. The normalized spacial score (nSPS) is 10.4. The van der Waals surface area contributed by atoms with Crippen LogP contribution in [0, 0.1) is 6.92 Å². The second-order valence-corrected chi connectivity index (χ2v) is 7.71. The van der Waals surface area contributed by atoms with Crippen molar-refractivity contribution in [3.63, 3.8) is 0 Å². The lowest BCUT2D eigenvalue weighted by Crippen LogP contribution is -2.20. The number of halogens is 1. The van der Waals surface area contributed by atoms with Crippen molar-refractivity contribution in [1.29, 1.82) is 0 Å². The van der Waals surface area contributed by atoms with E-state index in [1.165, 1.54) is 5.56 Å². The van der Waals surface area contributed by atoms with Crippen molar-refractivity contribution in [2.75, 3.05) is 17.2 Å². The molecule has 0 fully saturated rings. The van der Waals surface area contributed by atoms with E-state index in [1.54, 1.807) is 30.3 Å². The standard InChI is InChI=1S/C24H23BrN2O3/c1-3-17-7-12-22(21(25)14-17)30-15-23(28)26-19-8-10-20(11-9-19)27-24(29)18-6-4-5-16(2)13-18/h4-14H,3,15H2,1-2H3,(H,26,28)(H,27,29). The first kappa shape index (κ1) is 21.6. The van der Waals surface area contributed by atoms with Gasteiger partial charge in [0.05, 0.1) is 4.47 Å². The van der Waals surface area contributed by atoms with Gasteiger partial charge in [-0.3, -0.25) is 9.59 Å². The summed E-state index contributed by atoms with van der Waals surface area (Å²) in [7, 11) is 0. The van der Waals surface area contributed by atoms with Gasteiger partial charge in [-0.1, -0.05) is 30.7 Å². The summed E-state index contributed by atoms with van der Waals surface area (Å²) >= 11 is 3.46. The van der Waals surface area contributed by atoms with Crippen LogP contribution in [0.4, 0.5) is 11.4 Å². The van der Waals surface area contributed by atoms with E-state index in [9.17, 15) is 9.59 Å². The number of anilines is 2. The van der Waals surface area contributed by atoms with Crippen LogP contribution >= 0.6 is 15.9 Å². The first-order chi connectivity index (χ1) is 14.4. The molecule has 6 heteroatoms. The number of ether oxygens (including phenoxy) is 1. The minimum atomic E-state index is -0.266. The zero-order chi connectivity index (χ0) is 21.5. The molecule has 0 heterocycles. The minimum absolute atomic E-state index is 0.101. The lowest BCUT2D eigenvalue weighted by Gasteiger charge is -2.11. The van der Waals surface area contributed by atoms with Gasteiger partial charge in [0.2, 0.25) is 0 Å². The number of rotatable bonds is 7. The van der Waals surface area contributed by atoms with E-state index in [2.05, 4.69) is 33.5 Å². The Labute approximate surface area is 184 Å². The number of carbonyl (C=O) groups is 2. The van der Waals surface area contributed by atoms with Crippen LogP contribution in [0.2, 0.25) is 0 Å². The predicted octanol–water partition coefficient (Wildman–Crippen LogP) is 5.59. The van der Waals surface area contributed by atoms with Crippen molar-refractivity contribution in [2.45, 2.75) is 20.3 Å². The monoisotopic (exact) mass is 466 g/mol. The van der Waals surface area contributed by atoms with Gasteiger partial charge < -0.3 is 15.4 Å². The summed E-state index contributed by atoms with van der Waals surface area (Å²) in [6.07, 6.45) is 0.931. The zero-order valence-corrected chi connectivity index (χ0v) is 18.5. The van der Waals surface area contributed by atoms with Gasteiger partial charge >= 0.3 is 0 Å². The fourth-order valence-electron chi connectivity index (χ4n) is 2.85. The van der Waals surface area contributed by atoms with Gasteiger partial charge in [0.1, 0.15) is 5.75 Å². The quantitative estimate of drug-likeness (QED) is 0.476. The molecule has 0 bridgehead atoms. The summed E-state index contributed by atoms with van der Waals surface area (Å²) < 4.78 is 6.41. The van der Waals surface area contributed by atoms with E-state index >= 15 is 0 Å². The Hall–Kier alpha value is -3.12. The van der Waals surface area contributed by atoms with E-state index < -0.39 is 0 Å². The third-order valence-corrected chi connectivity index (χ3v) is 5.09. The van der Waals surface area contributed by atoms with Gasteiger partial charge in [0, 0.05) is 16.9 Å². The molecule has 2 amide bonds. The number of carbonyl (C=O) groups excluding carboxylic acids is 2. The van der Waals surface area contributed by atoms with Crippen LogP contribution in [0.3, 0.4) is 0 Å². The van der Waals surface area contributed by atoms with Crippen LogP contribution in [0.5, 0.6) is 5.75 Å². The van der Waals surface area contributed by atoms with Crippen molar-refractivity contribution < 1.29 is 14.3 Å². The molecule has 0 spiro atoms. The first-order valence-corrected chi connectivity index (χ1v) is 10.4. The molecule has 2 N–H and O–H groups in total. The lowest BCUT2D eigenvalue weighted by molar-refractivity contribution is -0.118. The number of hydrogen-bond acceptors (Lipinski definition) is 3. The van der Waals surface area contributed by atoms with Gasteiger partial charge in [-0.05, 0) is 83.4 Å². The van der Waals surface area contributed by atoms with E-state index in [0.29, 0.717) is 22.7 Å². The number of amides is 2. The lowest BCUT2D eigenvalue weighted by atomic mass is 10.1. The summed E-state index contributed by atoms with van der Waals surface area (Å²) in [4.78, 5) is 24.5. The molecule has 5 nitrogen and oxygen atoms in total. The first-order valence-electron chi connectivity index (χ1n) is 9.64. The highest BCUT2D eigenvalue weighted by Gasteiger charge is 2.09. The smallest absolute Gasteiger partial charge is 0.262 e. The van der Waals surface area contributed by atoms with E-state index in [0.717, 1.165) is 16.5 Å². The van der Waals surface area contributed by atoms with Crippen molar-refractivity contribution in [3.05, 3.63) is 87.9 Å². The maximum Gasteiger partial charge on any atom is 0.262 e. The summed E-state index contributed by atoms with van der Waals surface area (Å²) in [5, 5.41) is 5.63. The number of benzene rings is 3. The second kappa shape index (κ2) is 10.1. The van der Waals surface area contributed by atoms with Crippen LogP contribution in [0.15, 0.2) is 71.2 Å². The molecule has 0 aliphatic rings. The van der Waals surface area contributed by atoms with Gasteiger partial charge in [-0.15, -0.1) is 0 Å². The second-order valence-electron chi connectivity index (χ2n) is 6.86. The summed E-state index contributed by atoms with van der Waals surface area (Å²) in [5.74, 6) is 0.179. The Morgan fingerprint density at radius 1 is 0.933 bits per heavy atom. The van der Waals surface area contributed by atoms with Gasteiger partial charge in [0.15, 0.2) is 6.61 Å². The molecule has 3 aromatic carbocycles. The third-order valence-electron chi connectivity index (χ3n) is 4.47. The van der Waals surface area contributed by atoms with E-state index in [-0.39, 0.29) is 18.4 Å². The Bertz CT molecular complexity index is 1050. The van der Waals surface area contributed by atoms with Crippen LogP contribution in [-0.2, 0) is 11.2 Å². The molecule has 154 valence electrons. The van der Waals surface area contributed by atoms with Crippen molar-refractivity contribution in [3.8, 4) is 5.75 Å². The number of aryl methyl sites for hydroxylation is 2. The largest absolute Gasteiger partial charge is 0.483 e. The average Bonchev–Trinajstić information content (AvgIpc) is 2.74. The average molecular weight is 467 g/mol. The van der Waals surface area contributed by atoms with Crippen LogP contribution in [0.1, 0.15) is 28.4 Å². The molecule has 0 atom stereocenters. The van der Waals surface area contributed by atoms with Crippen LogP contribution in [0.25, 0.3) is 0 Å². The van der Waals surface area contributed by atoms with Crippen LogP contribution in [-0.4, -0.2) is 18.4 Å². The molecule has 0 radical (unpaired) electrons. The summed E-state index contributed by atoms with van der Waals surface area (Å²) in [6.45, 7) is 3.92. The summed E-state index contributed by atoms with van der Waals surface area (Å²) in [6, 6.07) is 20.1. The van der Waals surface area contributed by atoms with Crippen molar-refractivity contribution in [1.82, 2.24) is 0 Å². The SMILES string of the molecule is CCc1ccc(OCC(=O)Nc2ccc(NC(=O)c3cccc(C)c3)cc2)c(Br)c1. The molecular formula is C24H23BrN2O3. The van der Waals surface area contributed by atoms with E-state index in [4.69, 9.17) is 4.74 Å². The molecule has 0 unspecified atom stereocenters. The number of nitrogens with one attached hydrogen (secondary N) is 2. The van der Waals surface area contributed by atoms with Crippen molar-refractivity contribution >= 4 is 39.1 Å². The highest BCUT2D eigenvalue weighted by Crippen LogP contribution is 2.26. The molecule has 0 saturated heterocycles. The molecule has 0 aliphatic heterocycles.